The molecule has 0 spiro atoms. The molecule has 16 heavy (non-hydrogen) atoms. The van der Waals surface area contributed by atoms with E-state index in [9.17, 15) is 4.79 Å². The van der Waals surface area contributed by atoms with Crippen LogP contribution in [0.1, 0.15) is 12.0 Å². The summed E-state index contributed by atoms with van der Waals surface area (Å²) in [7, 11) is 0. The van der Waals surface area contributed by atoms with Gasteiger partial charge in [0.15, 0.2) is 0 Å². The van der Waals surface area contributed by atoms with Gasteiger partial charge in [0, 0.05) is 0 Å². The molecule has 0 aliphatic heterocycles. The molecular weight excluding hydrogens is 202 g/mol. The van der Waals surface area contributed by atoms with Crippen molar-refractivity contribution in [2.75, 3.05) is 6.61 Å². The Morgan fingerprint density at radius 2 is 2.12 bits per heavy atom. The topological polar surface area (TPSA) is 52.3 Å². The minimum absolute atomic E-state index is 0.352. The molecule has 0 saturated carbocycles. The molecule has 86 valence electrons. The van der Waals surface area contributed by atoms with Crippen LogP contribution in [0, 0.1) is 0 Å². The van der Waals surface area contributed by atoms with Crippen molar-refractivity contribution in [2.24, 2.45) is 5.73 Å². The number of hydrogen-bond donors (Lipinski definition) is 1. The molecule has 1 aromatic carbocycles. The first kappa shape index (κ1) is 12.5. The summed E-state index contributed by atoms with van der Waals surface area (Å²) < 4.78 is 4.98. The van der Waals surface area contributed by atoms with Crippen LogP contribution in [0.5, 0.6) is 0 Å². The predicted octanol–water partition coefficient (Wildman–Crippen LogP) is 1.68. The second kappa shape index (κ2) is 6.80. The summed E-state index contributed by atoms with van der Waals surface area (Å²) in [5.41, 5.74) is 6.77. The zero-order valence-electron chi connectivity index (χ0n) is 9.26. The van der Waals surface area contributed by atoms with Gasteiger partial charge in [-0.3, -0.25) is 4.79 Å². The standard InChI is InChI=1S/C13H17NO2/c1-2-3-9-16-13(15)12(14)10-11-7-5-4-6-8-11/h2,4-8,12H,1,3,9-10,14H2. The lowest BCUT2D eigenvalue weighted by molar-refractivity contribution is -0.145. The summed E-state index contributed by atoms with van der Waals surface area (Å²) in [4.78, 5) is 11.4. The van der Waals surface area contributed by atoms with Crippen molar-refractivity contribution in [2.45, 2.75) is 18.9 Å². The fourth-order valence-electron chi connectivity index (χ4n) is 1.30. The average Bonchev–Trinajstić information content (AvgIpc) is 2.30. The maximum Gasteiger partial charge on any atom is 0.323 e. The molecule has 1 unspecified atom stereocenters. The van der Waals surface area contributed by atoms with Gasteiger partial charge in [-0.2, -0.15) is 0 Å². The number of ether oxygens (including phenoxy) is 1. The molecule has 3 nitrogen and oxygen atoms in total. The van der Waals surface area contributed by atoms with Gasteiger partial charge in [-0.15, -0.1) is 6.58 Å². The van der Waals surface area contributed by atoms with E-state index in [1.807, 2.05) is 30.3 Å². The van der Waals surface area contributed by atoms with Crippen LogP contribution in [-0.4, -0.2) is 18.6 Å². The van der Waals surface area contributed by atoms with E-state index >= 15 is 0 Å². The highest BCUT2D eigenvalue weighted by atomic mass is 16.5. The first-order valence-electron chi connectivity index (χ1n) is 5.31. The van der Waals surface area contributed by atoms with Gasteiger partial charge in [0.05, 0.1) is 6.61 Å². The number of hydrogen-bond acceptors (Lipinski definition) is 3. The minimum Gasteiger partial charge on any atom is -0.464 e. The van der Waals surface area contributed by atoms with E-state index in [2.05, 4.69) is 6.58 Å². The summed E-state index contributed by atoms with van der Waals surface area (Å²) in [6.07, 6.45) is 2.87. The third kappa shape index (κ3) is 4.28. The molecule has 1 rings (SSSR count). The van der Waals surface area contributed by atoms with Crippen molar-refractivity contribution >= 4 is 5.97 Å². The van der Waals surface area contributed by atoms with Crippen molar-refractivity contribution in [3.63, 3.8) is 0 Å². The van der Waals surface area contributed by atoms with Crippen LogP contribution in [0.25, 0.3) is 0 Å². The van der Waals surface area contributed by atoms with Gasteiger partial charge in [-0.25, -0.2) is 0 Å². The highest BCUT2D eigenvalue weighted by Crippen LogP contribution is 2.03. The number of esters is 1. The lowest BCUT2D eigenvalue weighted by Gasteiger charge is -2.10. The van der Waals surface area contributed by atoms with Gasteiger partial charge in [0.2, 0.25) is 0 Å². The van der Waals surface area contributed by atoms with E-state index < -0.39 is 6.04 Å². The number of benzene rings is 1. The maximum atomic E-state index is 11.4. The van der Waals surface area contributed by atoms with E-state index in [1.165, 1.54) is 0 Å². The fraction of sp³-hybridized carbons (Fsp3) is 0.308. The Bertz CT molecular complexity index is 335. The molecule has 0 radical (unpaired) electrons. The number of nitrogens with two attached hydrogens (primary N) is 1. The molecule has 0 fully saturated rings. The van der Waals surface area contributed by atoms with Gasteiger partial charge < -0.3 is 10.5 Å². The van der Waals surface area contributed by atoms with Gasteiger partial charge in [0.25, 0.3) is 0 Å². The molecule has 0 amide bonds. The van der Waals surface area contributed by atoms with Gasteiger partial charge in [0.1, 0.15) is 6.04 Å². The first-order valence-corrected chi connectivity index (χ1v) is 5.31. The van der Waals surface area contributed by atoms with Crippen LogP contribution < -0.4 is 5.73 Å². The summed E-state index contributed by atoms with van der Waals surface area (Å²) in [6.45, 7) is 3.90. The van der Waals surface area contributed by atoms with E-state index in [4.69, 9.17) is 10.5 Å². The Balaban J connectivity index is 2.37. The van der Waals surface area contributed by atoms with Crippen LogP contribution in [0.4, 0.5) is 0 Å². The lowest BCUT2D eigenvalue weighted by Crippen LogP contribution is -2.34. The molecule has 0 bridgehead atoms. The van der Waals surface area contributed by atoms with Crippen LogP contribution in [0.15, 0.2) is 43.0 Å². The smallest absolute Gasteiger partial charge is 0.323 e. The summed E-state index contributed by atoms with van der Waals surface area (Å²) in [6, 6.07) is 9.06. The molecule has 0 aliphatic carbocycles. The van der Waals surface area contributed by atoms with E-state index in [0.29, 0.717) is 19.4 Å². The Morgan fingerprint density at radius 3 is 2.75 bits per heavy atom. The summed E-state index contributed by atoms with van der Waals surface area (Å²) in [5.74, 6) is -0.356. The third-order valence-electron chi connectivity index (χ3n) is 2.17. The second-order valence-corrected chi connectivity index (χ2v) is 3.54. The minimum atomic E-state index is -0.591. The molecule has 0 aromatic heterocycles. The lowest BCUT2D eigenvalue weighted by atomic mass is 10.1. The normalized spacial score (nSPS) is 11.8. The Kier molecular flexibility index (Phi) is 5.29. The molecule has 1 aromatic rings. The third-order valence-corrected chi connectivity index (χ3v) is 2.17. The van der Waals surface area contributed by atoms with Crippen LogP contribution in [0.2, 0.25) is 0 Å². The average molecular weight is 219 g/mol. The van der Waals surface area contributed by atoms with E-state index in [-0.39, 0.29) is 5.97 Å². The molecule has 1 atom stereocenters. The fourth-order valence-corrected chi connectivity index (χ4v) is 1.30. The van der Waals surface area contributed by atoms with E-state index in [0.717, 1.165) is 5.56 Å². The van der Waals surface area contributed by atoms with Crippen molar-refractivity contribution in [3.8, 4) is 0 Å². The number of rotatable bonds is 6. The Morgan fingerprint density at radius 1 is 1.44 bits per heavy atom. The Labute approximate surface area is 95.9 Å². The maximum absolute atomic E-state index is 11.4. The van der Waals surface area contributed by atoms with Crippen LogP contribution >= 0.6 is 0 Å². The number of carbonyl (C=O) groups excluding carboxylic acids is 1. The highest BCUT2D eigenvalue weighted by molar-refractivity contribution is 5.75. The quantitative estimate of drug-likeness (QED) is 0.450. The van der Waals surface area contributed by atoms with Crippen molar-refractivity contribution in [3.05, 3.63) is 48.6 Å². The summed E-state index contributed by atoms with van der Waals surface area (Å²) in [5, 5.41) is 0. The van der Waals surface area contributed by atoms with Crippen molar-refractivity contribution in [1.29, 1.82) is 0 Å². The van der Waals surface area contributed by atoms with Gasteiger partial charge in [-0.1, -0.05) is 36.4 Å². The monoisotopic (exact) mass is 219 g/mol. The number of carbonyl (C=O) groups is 1. The summed E-state index contributed by atoms with van der Waals surface area (Å²) >= 11 is 0. The predicted molar refractivity (Wildman–Crippen MR) is 63.9 cm³/mol. The first-order chi connectivity index (χ1) is 7.74. The Hall–Kier alpha value is -1.61. The van der Waals surface area contributed by atoms with Crippen molar-refractivity contribution in [1.82, 2.24) is 0 Å². The van der Waals surface area contributed by atoms with Gasteiger partial charge >= 0.3 is 5.97 Å². The molecule has 2 N–H and O–H groups in total. The van der Waals surface area contributed by atoms with Gasteiger partial charge in [-0.05, 0) is 18.4 Å². The molecule has 3 heteroatoms. The highest BCUT2D eigenvalue weighted by Gasteiger charge is 2.14. The molecule has 0 heterocycles. The zero-order valence-corrected chi connectivity index (χ0v) is 9.26. The van der Waals surface area contributed by atoms with Crippen LogP contribution in [0.3, 0.4) is 0 Å². The molecular formula is C13H17NO2. The molecule has 0 saturated heterocycles. The van der Waals surface area contributed by atoms with E-state index in [1.54, 1.807) is 6.08 Å². The second-order valence-electron chi connectivity index (χ2n) is 3.54. The van der Waals surface area contributed by atoms with Crippen molar-refractivity contribution < 1.29 is 9.53 Å². The largest absolute Gasteiger partial charge is 0.464 e. The zero-order chi connectivity index (χ0) is 11.8. The van der Waals surface area contributed by atoms with Crippen LogP contribution in [-0.2, 0) is 16.0 Å². The molecule has 0 aliphatic rings. The SMILES string of the molecule is C=CCCOC(=O)C(N)Cc1ccccc1.